The Kier molecular flexibility index (Phi) is 4.54. The maximum atomic E-state index is 13.8. The third-order valence-electron chi connectivity index (χ3n) is 3.12. The van der Waals surface area contributed by atoms with Gasteiger partial charge in [-0.1, -0.05) is 6.07 Å². The fraction of sp³-hybridized carbons (Fsp3) is 0.286. The molecule has 1 atom stereocenters. The molecule has 0 saturated carbocycles. The molecule has 0 aliphatic heterocycles. The summed E-state index contributed by atoms with van der Waals surface area (Å²) >= 11 is 0. The fourth-order valence-electron chi connectivity index (χ4n) is 2.15. The van der Waals surface area contributed by atoms with Crippen LogP contribution in [0.1, 0.15) is 17.3 Å². The van der Waals surface area contributed by atoms with Crippen LogP contribution in [0.15, 0.2) is 30.7 Å². The van der Waals surface area contributed by atoms with Gasteiger partial charge in [0.15, 0.2) is 17.6 Å². The van der Waals surface area contributed by atoms with Crippen molar-refractivity contribution in [1.29, 1.82) is 0 Å². The summed E-state index contributed by atoms with van der Waals surface area (Å²) in [6.45, 7) is -0.130. The smallest absolute Gasteiger partial charge is 0.331 e. The minimum atomic E-state index is -1.14. The number of halogens is 1. The standard InChI is InChI=1S/C14H15FN2O4/c1-21-12-3-2-9(6-11(12)15)13(14(19)20)17-8-16-7-10(17)4-5-18/h2-3,6-8,13,18H,4-5H2,1H3,(H,19,20). The molecule has 0 fully saturated rings. The summed E-state index contributed by atoms with van der Waals surface area (Å²) in [5.74, 6) is -1.73. The number of aliphatic hydroxyl groups excluding tert-OH is 1. The first-order valence-corrected chi connectivity index (χ1v) is 6.26. The number of benzene rings is 1. The van der Waals surface area contributed by atoms with Gasteiger partial charge in [0.05, 0.1) is 13.4 Å². The number of carbonyl (C=O) groups is 1. The Balaban J connectivity index is 2.46. The molecule has 0 radical (unpaired) electrons. The van der Waals surface area contributed by atoms with E-state index in [-0.39, 0.29) is 24.3 Å². The number of ether oxygens (including phenoxy) is 1. The van der Waals surface area contributed by atoms with Crippen LogP contribution in [-0.2, 0) is 11.2 Å². The molecule has 2 aromatic rings. The Morgan fingerprint density at radius 1 is 1.52 bits per heavy atom. The lowest BCUT2D eigenvalue weighted by molar-refractivity contribution is -0.139. The first-order chi connectivity index (χ1) is 10.1. The van der Waals surface area contributed by atoms with E-state index in [0.29, 0.717) is 5.69 Å². The maximum absolute atomic E-state index is 13.8. The zero-order chi connectivity index (χ0) is 15.4. The SMILES string of the molecule is COc1ccc(C(C(=O)O)n2cncc2CCO)cc1F. The van der Waals surface area contributed by atoms with Crippen molar-refractivity contribution >= 4 is 5.97 Å². The summed E-state index contributed by atoms with van der Waals surface area (Å²) in [4.78, 5) is 15.5. The van der Waals surface area contributed by atoms with Crippen LogP contribution in [0.25, 0.3) is 0 Å². The van der Waals surface area contributed by atoms with E-state index in [9.17, 15) is 14.3 Å². The predicted molar refractivity (Wildman–Crippen MR) is 71.7 cm³/mol. The van der Waals surface area contributed by atoms with Gasteiger partial charge in [-0.25, -0.2) is 14.2 Å². The number of aliphatic carboxylic acids is 1. The number of carboxylic acid groups (broad SMARTS) is 1. The van der Waals surface area contributed by atoms with E-state index in [0.717, 1.165) is 6.07 Å². The number of rotatable bonds is 6. The molecule has 0 spiro atoms. The molecule has 1 aromatic heterocycles. The molecule has 0 aliphatic carbocycles. The van der Waals surface area contributed by atoms with E-state index in [1.807, 2.05) is 0 Å². The van der Waals surface area contributed by atoms with Crippen molar-refractivity contribution in [1.82, 2.24) is 9.55 Å². The topological polar surface area (TPSA) is 84.6 Å². The van der Waals surface area contributed by atoms with Crippen molar-refractivity contribution in [2.45, 2.75) is 12.5 Å². The first-order valence-electron chi connectivity index (χ1n) is 6.26. The van der Waals surface area contributed by atoms with Gasteiger partial charge >= 0.3 is 5.97 Å². The second-order valence-electron chi connectivity index (χ2n) is 4.40. The lowest BCUT2D eigenvalue weighted by atomic mass is 10.1. The van der Waals surface area contributed by atoms with Crippen LogP contribution in [0.5, 0.6) is 5.75 Å². The summed E-state index contributed by atoms with van der Waals surface area (Å²) in [6, 6.07) is 2.88. The van der Waals surface area contributed by atoms with Gasteiger partial charge < -0.3 is 19.5 Å². The minimum Gasteiger partial charge on any atom is -0.494 e. The largest absolute Gasteiger partial charge is 0.494 e. The lowest BCUT2D eigenvalue weighted by Gasteiger charge is -2.17. The van der Waals surface area contributed by atoms with Gasteiger partial charge in [-0.3, -0.25) is 0 Å². The molecule has 2 rings (SSSR count). The van der Waals surface area contributed by atoms with Crippen LogP contribution in [0.2, 0.25) is 0 Å². The minimum absolute atomic E-state index is 0.0455. The van der Waals surface area contributed by atoms with Gasteiger partial charge in [0.2, 0.25) is 0 Å². The van der Waals surface area contributed by atoms with Crippen molar-refractivity contribution in [3.8, 4) is 5.75 Å². The summed E-state index contributed by atoms with van der Waals surface area (Å²) in [5, 5.41) is 18.4. The Morgan fingerprint density at radius 3 is 2.86 bits per heavy atom. The van der Waals surface area contributed by atoms with Crippen LogP contribution in [0.4, 0.5) is 4.39 Å². The van der Waals surface area contributed by atoms with Crippen molar-refractivity contribution in [3.05, 3.63) is 47.8 Å². The van der Waals surface area contributed by atoms with E-state index in [2.05, 4.69) is 4.98 Å². The Hall–Kier alpha value is -2.41. The molecule has 1 heterocycles. The molecule has 0 amide bonds. The van der Waals surface area contributed by atoms with Crippen molar-refractivity contribution in [2.75, 3.05) is 13.7 Å². The van der Waals surface area contributed by atoms with Crippen LogP contribution >= 0.6 is 0 Å². The third kappa shape index (κ3) is 3.03. The molecule has 1 unspecified atom stereocenters. The highest BCUT2D eigenvalue weighted by molar-refractivity contribution is 5.76. The van der Waals surface area contributed by atoms with E-state index in [1.165, 1.54) is 36.3 Å². The van der Waals surface area contributed by atoms with E-state index >= 15 is 0 Å². The lowest BCUT2D eigenvalue weighted by Crippen LogP contribution is -2.22. The molecule has 1 aromatic carbocycles. The van der Waals surface area contributed by atoms with E-state index in [1.54, 1.807) is 0 Å². The Bertz CT molecular complexity index is 642. The highest BCUT2D eigenvalue weighted by Crippen LogP contribution is 2.25. The molecular weight excluding hydrogens is 279 g/mol. The number of carboxylic acids is 1. The molecule has 0 bridgehead atoms. The van der Waals surface area contributed by atoms with Crippen molar-refractivity contribution in [2.24, 2.45) is 0 Å². The second-order valence-corrected chi connectivity index (χ2v) is 4.40. The molecular formula is C14H15FN2O4. The molecule has 112 valence electrons. The number of imidazole rings is 1. The number of methoxy groups -OCH3 is 1. The Morgan fingerprint density at radius 2 is 2.29 bits per heavy atom. The normalized spacial score (nSPS) is 12.1. The van der Waals surface area contributed by atoms with Gasteiger partial charge in [0.1, 0.15) is 0 Å². The Labute approximate surface area is 120 Å². The zero-order valence-corrected chi connectivity index (χ0v) is 11.4. The van der Waals surface area contributed by atoms with Crippen LogP contribution < -0.4 is 4.74 Å². The summed E-state index contributed by atoms with van der Waals surface area (Å²) in [5.41, 5.74) is 0.819. The number of hydrogen-bond donors (Lipinski definition) is 2. The molecule has 2 N–H and O–H groups in total. The summed E-state index contributed by atoms with van der Waals surface area (Å²) in [6.07, 6.45) is 3.10. The van der Waals surface area contributed by atoms with Crippen LogP contribution in [0, 0.1) is 5.82 Å². The van der Waals surface area contributed by atoms with Gasteiger partial charge in [-0.05, 0) is 17.7 Å². The highest BCUT2D eigenvalue weighted by atomic mass is 19.1. The zero-order valence-electron chi connectivity index (χ0n) is 11.4. The fourth-order valence-corrected chi connectivity index (χ4v) is 2.15. The highest BCUT2D eigenvalue weighted by Gasteiger charge is 2.25. The molecule has 0 aliphatic rings. The molecule has 0 saturated heterocycles. The van der Waals surface area contributed by atoms with Crippen LogP contribution in [0.3, 0.4) is 0 Å². The summed E-state index contributed by atoms with van der Waals surface area (Å²) < 4.78 is 20.0. The van der Waals surface area contributed by atoms with Crippen molar-refractivity contribution in [3.63, 3.8) is 0 Å². The number of aliphatic hydroxyl groups is 1. The predicted octanol–water partition coefficient (Wildman–Crippen LogP) is 1.24. The number of hydrogen-bond acceptors (Lipinski definition) is 4. The average molecular weight is 294 g/mol. The average Bonchev–Trinajstić information content (AvgIpc) is 2.87. The number of aromatic nitrogens is 2. The monoisotopic (exact) mass is 294 g/mol. The van der Waals surface area contributed by atoms with Gasteiger partial charge in [0.25, 0.3) is 0 Å². The maximum Gasteiger partial charge on any atom is 0.331 e. The quantitative estimate of drug-likeness (QED) is 0.837. The second kappa shape index (κ2) is 6.36. The van der Waals surface area contributed by atoms with Gasteiger partial charge in [-0.2, -0.15) is 0 Å². The van der Waals surface area contributed by atoms with E-state index in [4.69, 9.17) is 9.84 Å². The van der Waals surface area contributed by atoms with Crippen LogP contribution in [-0.4, -0.2) is 39.5 Å². The van der Waals surface area contributed by atoms with E-state index < -0.39 is 17.8 Å². The first kappa shape index (κ1) is 15.0. The van der Waals surface area contributed by atoms with Crippen molar-refractivity contribution < 1.29 is 24.1 Å². The third-order valence-corrected chi connectivity index (χ3v) is 3.12. The molecule has 21 heavy (non-hydrogen) atoms. The molecule has 7 heteroatoms. The molecule has 6 nitrogen and oxygen atoms in total. The number of nitrogens with zero attached hydrogens (tertiary/aromatic N) is 2. The summed E-state index contributed by atoms with van der Waals surface area (Å²) in [7, 11) is 1.34. The van der Waals surface area contributed by atoms with Gasteiger partial charge in [0, 0.05) is 24.9 Å². The van der Waals surface area contributed by atoms with Gasteiger partial charge in [-0.15, -0.1) is 0 Å².